The zero-order valence-electron chi connectivity index (χ0n) is 10.2. The summed E-state index contributed by atoms with van der Waals surface area (Å²) in [7, 11) is -3.24. The zero-order chi connectivity index (χ0) is 13.7. The molecule has 0 unspecified atom stereocenters. The van der Waals surface area contributed by atoms with Crippen LogP contribution in [0.15, 0.2) is 59.5 Å². The van der Waals surface area contributed by atoms with E-state index in [4.69, 9.17) is 11.6 Å². The number of nitrogens with one attached hydrogen (secondary N) is 1. The van der Waals surface area contributed by atoms with Gasteiger partial charge in [-0.3, -0.25) is 0 Å². The summed E-state index contributed by atoms with van der Waals surface area (Å²) in [6, 6.07) is 15.6. The van der Waals surface area contributed by atoms with E-state index in [1.165, 1.54) is 0 Å². The Bertz CT molecular complexity index is 642. The molecule has 2 aromatic rings. The van der Waals surface area contributed by atoms with Gasteiger partial charge in [-0.1, -0.05) is 35.9 Å². The van der Waals surface area contributed by atoms with Crippen molar-refractivity contribution in [3.05, 3.63) is 59.6 Å². The summed E-state index contributed by atoms with van der Waals surface area (Å²) in [5, 5.41) is 3.67. The molecule has 0 heterocycles. The van der Waals surface area contributed by atoms with Crippen LogP contribution in [-0.4, -0.2) is 20.7 Å². The normalized spacial score (nSPS) is 11.2. The second kappa shape index (κ2) is 6.08. The number of sulfone groups is 1. The van der Waals surface area contributed by atoms with Crippen molar-refractivity contribution < 1.29 is 8.42 Å². The Morgan fingerprint density at radius 3 is 2.42 bits per heavy atom. The second-order valence-electron chi connectivity index (χ2n) is 4.07. The van der Waals surface area contributed by atoms with Crippen LogP contribution >= 0.6 is 11.6 Å². The largest absolute Gasteiger partial charge is 0.384 e. The molecule has 3 nitrogen and oxygen atoms in total. The molecule has 0 amide bonds. The van der Waals surface area contributed by atoms with Crippen LogP contribution in [0.25, 0.3) is 0 Å². The first-order valence-corrected chi connectivity index (χ1v) is 7.88. The highest BCUT2D eigenvalue weighted by Crippen LogP contribution is 2.15. The van der Waals surface area contributed by atoms with Gasteiger partial charge in [-0.2, -0.15) is 0 Å². The third-order valence-corrected chi connectivity index (χ3v) is 4.59. The zero-order valence-corrected chi connectivity index (χ0v) is 11.8. The average molecular weight is 296 g/mol. The highest BCUT2D eigenvalue weighted by Gasteiger charge is 2.12. The van der Waals surface area contributed by atoms with Crippen LogP contribution in [0.3, 0.4) is 0 Å². The van der Waals surface area contributed by atoms with Gasteiger partial charge in [0.1, 0.15) is 0 Å². The van der Waals surface area contributed by atoms with E-state index in [1.807, 2.05) is 12.1 Å². The molecule has 0 aliphatic rings. The van der Waals surface area contributed by atoms with Gasteiger partial charge in [0.2, 0.25) is 0 Å². The third-order valence-electron chi connectivity index (χ3n) is 2.63. The highest BCUT2D eigenvalue weighted by atomic mass is 35.5. The quantitative estimate of drug-likeness (QED) is 0.921. The van der Waals surface area contributed by atoms with E-state index in [2.05, 4.69) is 5.32 Å². The van der Waals surface area contributed by atoms with Crippen molar-refractivity contribution in [2.45, 2.75) is 4.90 Å². The lowest BCUT2D eigenvalue weighted by atomic mass is 10.3. The van der Waals surface area contributed by atoms with Crippen molar-refractivity contribution in [2.24, 2.45) is 0 Å². The molecule has 5 heteroatoms. The Labute approximate surface area is 118 Å². The molecule has 0 fully saturated rings. The number of anilines is 1. The van der Waals surface area contributed by atoms with Gasteiger partial charge >= 0.3 is 0 Å². The number of hydrogen-bond acceptors (Lipinski definition) is 3. The Hall–Kier alpha value is -1.52. The molecular weight excluding hydrogens is 282 g/mol. The Morgan fingerprint density at radius 1 is 1.00 bits per heavy atom. The topological polar surface area (TPSA) is 46.2 Å². The molecule has 2 aromatic carbocycles. The SMILES string of the molecule is O=S(=O)(CCNc1cccc(Cl)c1)c1ccccc1. The Balaban J connectivity index is 1.96. The summed E-state index contributed by atoms with van der Waals surface area (Å²) < 4.78 is 24.0. The molecule has 19 heavy (non-hydrogen) atoms. The summed E-state index contributed by atoms with van der Waals surface area (Å²) in [5.41, 5.74) is 0.816. The molecule has 0 bridgehead atoms. The van der Waals surface area contributed by atoms with Crippen molar-refractivity contribution in [1.82, 2.24) is 0 Å². The fraction of sp³-hybridized carbons (Fsp3) is 0.143. The van der Waals surface area contributed by atoms with Crippen molar-refractivity contribution in [2.75, 3.05) is 17.6 Å². The molecule has 2 rings (SSSR count). The Kier molecular flexibility index (Phi) is 4.45. The molecule has 0 spiro atoms. The summed E-state index contributed by atoms with van der Waals surface area (Å²) in [6.07, 6.45) is 0. The van der Waals surface area contributed by atoms with Gasteiger partial charge in [-0.25, -0.2) is 8.42 Å². The lowest BCUT2D eigenvalue weighted by Crippen LogP contribution is -2.15. The average Bonchev–Trinajstić information content (AvgIpc) is 2.40. The van der Waals surface area contributed by atoms with E-state index < -0.39 is 9.84 Å². The van der Waals surface area contributed by atoms with E-state index in [1.54, 1.807) is 42.5 Å². The molecule has 0 aliphatic carbocycles. The first-order chi connectivity index (χ1) is 9.08. The second-order valence-corrected chi connectivity index (χ2v) is 6.61. The molecule has 0 saturated heterocycles. The van der Waals surface area contributed by atoms with E-state index >= 15 is 0 Å². The van der Waals surface area contributed by atoms with Crippen molar-refractivity contribution in [1.29, 1.82) is 0 Å². The van der Waals surface area contributed by atoms with Crippen LogP contribution in [0.2, 0.25) is 5.02 Å². The van der Waals surface area contributed by atoms with Gasteiger partial charge < -0.3 is 5.32 Å². The van der Waals surface area contributed by atoms with Crippen LogP contribution in [0.4, 0.5) is 5.69 Å². The molecule has 0 aliphatic heterocycles. The third kappa shape index (κ3) is 3.98. The number of rotatable bonds is 5. The maximum absolute atomic E-state index is 12.0. The monoisotopic (exact) mass is 295 g/mol. The lowest BCUT2D eigenvalue weighted by molar-refractivity contribution is 0.596. The van der Waals surface area contributed by atoms with Crippen LogP contribution in [-0.2, 0) is 9.84 Å². The van der Waals surface area contributed by atoms with Gasteiger partial charge in [0.15, 0.2) is 9.84 Å². The van der Waals surface area contributed by atoms with Crippen LogP contribution in [0, 0.1) is 0 Å². The van der Waals surface area contributed by atoms with E-state index in [9.17, 15) is 8.42 Å². The lowest BCUT2D eigenvalue weighted by Gasteiger charge is -2.07. The first-order valence-electron chi connectivity index (χ1n) is 5.85. The molecule has 0 radical (unpaired) electrons. The van der Waals surface area contributed by atoms with E-state index in [0.717, 1.165) is 5.69 Å². The van der Waals surface area contributed by atoms with Crippen LogP contribution in [0.5, 0.6) is 0 Å². The summed E-state index contributed by atoms with van der Waals surface area (Å²) in [4.78, 5) is 0.350. The van der Waals surface area contributed by atoms with E-state index in [-0.39, 0.29) is 5.75 Å². The van der Waals surface area contributed by atoms with Crippen molar-refractivity contribution in [3.8, 4) is 0 Å². The summed E-state index contributed by atoms with van der Waals surface area (Å²) in [6.45, 7) is 0.345. The number of hydrogen-bond donors (Lipinski definition) is 1. The molecule has 0 aromatic heterocycles. The smallest absolute Gasteiger partial charge is 0.180 e. The minimum Gasteiger partial charge on any atom is -0.384 e. The van der Waals surface area contributed by atoms with Crippen LogP contribution < -0.4 is 5.32 Å². The van der Waals surface area contributed by atoms with Gasteiger partial charge in [-0.05, 0) is 30.3 Å². The van der Waals surface area contributed by atoms with Gasteiger partial charge in [0, 0.05) is 17.3 Å². The molecule has 0 saturated carbocycles. The maximum atomic E-state index is 12.0. The first kappa shape index (κ1) is 13.9. The van der Waals surface area contributed by atoms with Crippen LogP contribution in [0.1, 0.15) is 0 Å². The predicted molar refractivity (Wildman–Crippen MR) is 78.4 cm³/mol. The summed E-state index contributed by atoms with van der Waals surface area (Å²) >= 11 is 5.85. The molecule has 100 valence electrons. The minimum atomic E-state index is -3.24. The fourth-order valence-corrected chi connectivity index (χ4v) is 3.04. The van der Waals surface area contributed by atoms with Crippen molar-refractivity contribution >= 4 is 27.1 Å². The standard InChI is InChI=1S/C14H14ClNO2S/c15-12-5-4-6-13(11-12)16-9-10-19(17,18)14-7-2-1-3-8-14/h1-8,11,16H,9-10H2. The number of halogens is 1. The minimum absolute atomic E-state index is 0.0452. The predicted octanol–water partition coefficient (Wildman–Crippen LogP) is 3.23. The summed E-state index contributed by atoms with van der Waals surface area (Å²) in [5.74, 6) is 0.0452. The molecule has 0 atom stereocenters. The maximum Gasteiger partial charge on any atom is 0.180 e. The molecular formula is C14H14ClNO2S. The van der Waals surface area contributed by atoms with Crippen molar-refractivity contribution in [3.63, 3.8) is 0 Å². The van der Waals surface area contributed by atoms with E-state index in [0.29, 0.717) is 16.5 Å². The fourth-order valence-electron chi connectivity index (χ4n) is 1.67. The van der Waals surface area contributed by atoms with Gasteiger partial charge in [0.05, 0.1) is 10.6 Å². The van der Waals surface area contributed by atoms with Gasteiger partial charge in [-0.15, -0.1) is 0 Å². The number of benzene rings is 2. The van der Waals surface area contributed by atoms with Gasteiger partial charge in [0.25, 0.3) is 0 Å². The highest BCUT2D eigenvalue weighted by molar-refractivity contribution is 7.91. The Morgan fingerprint density at radius 2 is 1.74 bits per heavy atom. The molecule has 1 N–H and O–H groups in total.